The van der Waals surface area contributed by atoms with Gasteiger partial charge in [0.15, 0.2) is 0 Å². The number of nitrogens with zero attached hydrogens (tertiary/aromatic N) is 4. The Morgan fingerprint density at radius 3 is 2.83 bits per heavy atom. The number of amides is 3. The van der Waals surface area contributed by atoms with Crippen molar-refractivity contribution in [3.8, 4) is 0 Å². The van der Waals surface area contributed by atoms with E-state index < -0.39 is 11.9 Å². The third-order valence-corrected chi connectivity index (χ3v) is 9.98. The van der Waals surface area contributed by atoms with Crippen LogP contribution >= 0.6 is 47.0 Å². The molecule has 1 aromatic heterocycles. The molecule has 4 N–H and O–H groups in total. The molecule has 3 amide bonds. The molecular formula is C15H17N7O3S4. The number of hydrogen-bond donors (Lipinski definition) is 3. The predicted molar refractivity (Wildman–Crippen MR) is 113 cm³/mol. The first-order valence-electron chi connectivity index (χ1n) is 8.50. The quantitative estimate of drug-likeness (QED) is 0.304. The van der Waals surface area contributed by atoms with Crippen molar-refractivity contribution in [1.29, 1.82) is 0 Å². The molecule has 154 valence electrons. The van der Waals surface area contributed by atoms with Crippen molar-refractivity contribution >= 4 is 64.8 Å². The fraction of sp³-hybridized carbons (Fsp3) is 0.467. The van der Waals surface area contributed by atoms with Gasteiger partial charge < -0.3 is 11.1 Å². The third kappa shape index (κ3) is 3.90. The molecule has 0 bridgehead atoms. The Kier molecular flexibility index (Phi) is 5.86. The highest BCUT2D eigenvalue weighted by molar-refractivity contribution is 8.39. The summed E-state index contributed by atoms with van der Waals surface area (Å²) in [5, 5.41) is 17.1. The summed E-state index contributed by atoms with van der Waals surface area (Å²) in [5.41, 5.74) is 7.78. The second-order valence-corrected chi connectivity index (χ2v) is 11.2. The number of carbonyl (C=O) groups is 3. The van der Waals surface area contributed by atoms with Gasteiger partial charge in [-0.1, -0.05) is 35.3 Å². The Morgan fingerprint density at radius 2 is 2.17 bits per heavy atom. The van der Waals surface area contributed by atoms with Crippen LogP contribution in [0.1, 0.15) is 13.8 Å². The van der Waals surface area contributed by atoms with Crippen LogP contribution in [0.25, 0.3) is 0 Å². The van der Waals surface area contributed by atoms with Crippen molar-refractivity contribution in [2.24, 2.45) is 5.73 Å². The lowest BCUT2D eigenvalue weighted by Crippen LogP contribution is -2.70. The minimum Gasteiger partial charge on any atom is -0.366 e. The first kappa shape index (κ1) is 20.6. The van der Waals surface area contributed by atoms with E-state index in [-0.39, 0.29) is 21.8 Å². The molecule has 2 atom stereocenters. The van der Waals surface area contributed by atoms with E-state index in [9.17, 15) is 14.4 Å². The number of rotatable bonds is 6. The number of allylic oxidation sites excluding steroid dienone is 1. The SMILES string of the molecule is CC(C(N)=O)=C1SC(C(=O)NC2C(=O)N3C(C)=C(CSc4nn[nH]n4)CSC23)S1. The van der Waals surface area contributed by atoms with Crippen LogP contribution in [0.4, 0.5) is 0 Å². The zero-order chi connectivity index (χ0) is 20.7. The number of aromatic amines is 1. The van der Waals surface area contributed by atoms with Crippen molar-refractivity contribution in [1.82, 2.24) is 30.8 Å². The molecule has 2 saturated heterocycles. The van der Waals surface area contributed by atoms with E-state index >= 15 is 0 Å². The number of β-lactam (4-membered cyclic amide) rings is 1. The average molecular weight is 472 g/mol. The van der Waals surface area contributed by atoms with Gasteiger partial charge in [-0.2, -0.15) is 5.21 Å². The maximum absolute atomic E-state index is 12.6. The van der Waals surface area contributed by atoms with E-state index in [2.05, 4.69) is 25.9 Å². The molecule has 3 aliphatic rings. The Bertz CT molecular complexity index is 924. The monoisotopic (exact) mass is 471 g/mol. The Labute approximate surface area is 183 Å². The van der Waals surface area contributed by atoms with E-state index in [0.29, 0.717) is 16.5 Å². The lowest BCUT2D eigenvalue weighted by Gasteiger charge is -2.50. The lowest BCUT2D eigenvalue weighted by atomic mass is 10.0. The van der Waals surface area contributed by atoms with E-state index in [4.69, 9.17) is 5.73 Å². The second-order valence-electron chi connectivity index (χ2n) is 6.41. The fourth-order valence-corrected chi connectivity index (χ4v) is 7.50. The second kappa shape index (κ2) is 8.24. The summed E-state index contributed by atoms with van der Waals surface area (Å²) in [7, 11) is 0. The number of tetrazole rings is 1. The van der Waals surface area contributed by atoms with Gasteiger partial charge in [-0.25, -0.2) is 0 Å². The van der Waals surface area contributed by atoms with Crippen molar-refractivity contribution < 1.29 is 14.4 Å². The van der Waals surface area contributed by atoms with Gasteiger partial charge in [0.1, 0.15) is 16.0 Å². The Balaban J connectivity index is 1.33. The zero-order valence-corrected chi connectivity index (χ0v) is 18.6. The van der Waals surface area contributed by atoms with Crippen LogP contribution in [0.15, 0.2) is 26.2 Å². The summed E-state index contributed by atoms with van der Waals surface area (Å²) >= 11 is 5.69. The Hall–Kier alpha value is -1.64. The molecule has 10 nitrogen and oxygen atoms in total. The highest BCUT2D eigenvalue weighted by Crippen LogP contribution is 2.52. The maximum Gasteiger partial charge on any atom is 0.253 e. The maximum atomic E-state index is 12.6. The van der Waals surface area contributed by atoms with Crippen LogP contribution in [0.5, 0.6) is 0 Å². The van der Waals surface area contributed by atoms with Crippen LogP contribution in [-0.2, 0) is 14.4 Å². The molecule has 1 aromatic rings. The molecule has 0 spiro atoms. The van der Waals surface area contributed by atoms with Gasteiger partial charge in [0.25, 0.3) is 5.91 Å². The van der Waals surface area contributed by atoms with E-state index in [1.54, 1.807) is 23.6 Å². The molecule has 0 aromatic carbocycles. The standard InChI is InChI=1S/C15H17N7O3S4/c1-5(9(16)23)13-28-14(29-13)10(24)17-8-11(25)22-6(2)7(3-26-12(8)22)4-27-15-18-20-21-19-15/h8,12,14H,3-4H2,1-2H3,(H2,16,23)(H,17,24)(H,18,19,20,21). The number of carbonyl (C=O) groups excluding carboxylic acids is 3. The van der Waals surface area contributed by atoms with Gasteiger partial charge >= 0.3 is 0 Å². The molecule has 4 rings (SSSR count). The molecule has 0 saturated carbocycles. The summed E-state index contributed by atoms with van der Waals surface area (Å²) < 4.78 is 0.391. The molecule has 0 radical (unpaired) electrons. The molecule has 0 aliphatic carbocycles. The van der Waals surface area contributed by atoms with Gasteiger partial charge in [-0.3, -0.25) is 19.3 Å². The molecule has 2 fully saturated rings. The number of primary amides is 1. The first-order valence-corrected chi connectivity index (χ1v) is 12.3. The summed E-state index contributed by atoms with van der Waals surface area (Å²) in [6.07, 6.45) is 0. The van der Waals surface area contributed by atoms with Crippen molar-refractivity contribution in [3.63, 3.8) is 0 Å². The molecule has 3 aliphatic heterocycles. The number of H-pyrrole nitrogens is 1. The van der Waals surface area contributed by atoms with Gasteiger partial charge in [0, 0.05) is 22.8 Å². The lowest BCUT2D eigenvalue weighted by molar-refractivity contribution is -0.145. The number of nitrogens with two attached hydrogens (primary N) is 1. The van der Waals surface area contributed by atoms with E-state index in [1.807, 2.05) is 6.92 Å². The summed E-state index contributed by atoms with van der Waals surface area (Å²) in [4.78, 5) is 38.0. The minimum atomic E-state index is -0.527. The summed E-state index contributed by atoms with van der Waals surface area (Å²) in [5.74, 6) is 0.649. The van der Waals surface area contributed by atoms with Crippen LogP contribution in [0.3, 0.4) is 0 Å². The molecule has 14 heteroatoms. The van der Waals surface area contributed by atoms with Crippen LogP contribution in [-0.4, -0.2) is 70.7 Å². The Morgan fingerprint density at radius 1 is 1.41 bits per heavy atom. The normalized spacial score (nSPS) is 25.9. The zero-order valence-electron chi connectivity index (χ0n) is 15.4. The van der Waals surface area contributed by atoms with Gasteiger partial charge in [-0.15, -0.1) is 22.0 Å². The molecule has 4 heterocycles. The van der Waals surface area contributed by atoms with Crippen molar-refractivity contribution in [2.45, 2.75) is 35.0 Å². The van der Waals surface area contributed by atoms with E-state index in [1.165, 1.54) is 35.3 Å². The highest BCUT2D eigenvalue weighted by atomic mass is 32.3. The van der Waals surface area contributed by atoms with Crippen molar-refractivity contribution in [3.05, 3.63) is 21.1 Å². The number of hydrogen-bond acceptors (Lipinski definition) is 10. The van der Waals surface area contributed by atoms with Gasteiger partial charge in [0.05, 0.1) is 4.24 Å². The number of thioether (sulfide) groups is 4. The number of nitrogens with one attached hydrogen (secondary N) is 2. The first-order chi connectivity index (χ1) is 13.9. The molecule has 2 unspecified atom stereocenters. The van der Waals surface area contributed by atoms with E-state index in [0.717, 1.165) is 21.3 Å². The van der Waals surface area contributed by atoms with Crippen molar-refractivity contribution in [2.75, 3.05) is 11.5 Å². The van der Waals surface area contributed by atoms with Crippen LogP contribution in [0, 0.1) is 0 Å². The van der Waals surface area contributed by atoms with Gasteiger partial charge in [0.2, 0.25) is 17.0 Å². The van der Waals surface area contributed by atoms with Crippen LogP contribution in [0.2, 0.25) is 0 Å². The van der Waals surface area contributed by atoms with Gasteiger partial charge in [-0.05, 0) is 24.6 Å². The molecule has 29 heavy (non-hydrogen) atoms. The highest BCUT2D eigenvalue weighted by Gasteiger charge is 2.52. The smallest absolute Gasteiger partial charge is 0.253 e. The predicted octanol–water partition coefficient (Wildman–Crippen LogP) is 0.489. The molecular weight excluding hydrogens is 454 g/mol. The minimum absolute atomic E-state index is 0.0946. The number of aromatic nitrogens is 4. The topological polar surface area (TPSA) is 147 Å². The number of fused-ring (bicyclic) bond motifs is 1. The average Bonchev–Trinajstić information content (AvgIpc) is 3.16. The largest absolute Gasteiger partial charge is 0.366 e. The summed E-state index contributed by atoms with van der Waals surface area (Å²) in [6, 6.07) is -0.527. The fourth-order valence-electron chi connectivity index (χ4n) is 2.91. The third-order valence-electron chi connectivity index (χ3n) is 4.66. The van der Waals surface area contributed by atoms with Crippen LogP contribution < -0.4 is 11.1 Å². The summed E-state index contributed by atoms with van der Waals surface area (Å²) in [6.45, 7) is 3.57.